The van der Waals surface area contributed by atoms with Crippen LogP contribution < -0.4 is 10.3 Å². The third kappa shape index (κ3) is 3.79. The fourth-order valence-electron chi connectivity index (χ4n) is 1.97. The normalized spacial score (nSPS) is 9.73. The van der Waals surface area contributed by atoms with Gasteiger partial charge in [-0.15, -0.1) is 0 Å². The third-order valence-electron chi connectivity index (χ3n) is 2.85. The van der Waals surface area contributed by atoms with E-state index in [-0.39, 0.29) is 68.4 Å². The van der Waals surface area contributed by atoms with E-state index in [9.17, 15) is 13.6 Å². The molecule has 0 atom stereocenters. The zero-order valence-corrected chi connectivity index (χ0v) is 14.6. The fraction of sp³-hybridized carbons (Fsp3) is 0.200. The minimum Gasteiger partial charge on any atom is -0.479 e. The van der Waals surface area contributed by atoms with Crippen LogP contribution in [0.5, 0.6) is 5.75 Å². The smallest absolute Gasteiger partial charge is 0.194 e. The quantitative estimate of drug-likeness (QED) is 0.769. The van der Waals surface area contributed by atoms with E-state index >= 15 is 0 Å². The second kappa shape index (κ2) is 8.16. The molecule has 0 spiro atoms. The molecule has 0 fully saturated rings. The summed E-state index contributed by atoms with van der Waals surface area (Å²) >= 11 is 0. The molecule has 0 saturated carbocycles. The third-order valence-corrected chi connectivity index (χ3v) is 2.85. The average molecular weight is 378 g/mol. The van der Waals surface area contributed by atoms with Crippen LogP contribution in [0.25, 0.3) is 11.3 Å². The summed E-state index contributed by atoms with van der Waals surface area (Å²) in [7, 11) is 0. The van der Waals surface area contributed by atoms with E-state index < -0.39 is 11.6 Å². The molecule has 2 aromatic rings. The van der Waals surface area contributed by atoms with Crippen molar-refractivity contribution in [3.05, 3.63) is 52.3 Å². The van der Waals surface area contributed by atoms with Crippen molar-refractivity contribution >= 4 is 0 Å². The minimum atomic E-state index is -0.882. The van der Waals surface area contributed by atoms with E-state index in [0.717, 1.165) is 12.1 Å². The molecule has 1 heterocycles. The first-order valence-corrected chi connectivity index (χ1v) is 6.19. The number of nitriles is 1. The molecular formula is C15H11F2N2O2Y-. The van der Waals surface area contributed by atoms with Crippen molar-refractivity contribution in [1.29, 1.82) is 5.26 Å². The molecule has 0 amide bonds. The van der Waals surface area contributed by atoms with Crippen LogP contribution in [-0.2, 0) is 39.3 Å². The van der Waals surface area contributed by atoms with Gasteiger partial charge < -0.3 is 9.30 Å². The van der Waals surface area contributed by atoms with Crippen LogP contribution in [-0.4, -0.2) is 11.2 Å². The summed E-state index contributed by atoms with van der Waals surface area (Å²) in [6.07, 6.45) is 0. The van der Waals surface area contributed by atoms with Gasteiger partial charge in [-0.05, 0) is 12.5 Å². The Balaban J connectivity index is 0.00000242. The van der Waals surface area contributed by atoms with Crippen LogP contribution >= 0.6 is 0 Å². The standard InChI is InChI=1S/C15H11F2N2O2.Y/c1-2-19-13(4-3-5-14(19)20)15-11(16)8-10(9-12(15)17)21-7-6-18;/h3,5,8-9H,2,7H2,1H3;/q-1;. The van der Waals surface area contributed by atoms with Crippen LogP contribution in [0.4, 0.5) is 8.78 Å². The fourth-order valence-corrected chi connectivity index (χ4v) is 1.97. The van der Waals surface area contributed by atoms with Crippen molar-refractivity contribution < 1.29 is 46.2 Å². The van der Waals surface area contributed by atoms with E-state index in [4.69, 9.17) is 10.00 Å². The summed E-state index contributed by atoms with van der Waals surface area (Å²) in [6, 6.07) is 8.93. The SMILES string of the molecule is CCn1c(-c2c(F)cc(OCC#N)cc2F)[c-]ccc1=O.[Y]. The van der Waals surface area contributed by atoms with E-state index in [1.165, 1.54) is 16.7 Å². The summed E-state index contributed by atoms with van der Waals surface area (Å²) in [6.45, 7) is 1.64. The molecule has 1 aromatic heterocycles. The molecule has 111 valence electrons. The van der Waals surface area contributed by atoms with Crippen LogP contribution in [0.3, 0.4) is 0 Å². The van der Waals surface area contributed by atoms with Gasteiger partial charge in [0.2, 0.25) is 0 Å². The Kier molecular flexibility index (Phi) is 6.85. The molecule has 0 aliphatic heterocycles. The maximum Gasteiger partial charge on any atom is 0.194 e. The Morgan fingerprint density at radius 1 is 1.36 bits per heavy atom. The molecule has 0 unspecified atom stereocenters. The number of hydrogen-bond donors (Lipinski definition) is 0. The largest absolute Gasteiger partial charge is 0.479 e. The van der Waals surface area contributed by atoms with E-state index in [1.54, 1.807) is 13.0 Å². The number of rotatable bonds is 4. The molecule has 7 heteroatoms. The Hall–Kier alpha value is -1.58. The second-order valence-electron chi connectivity index (χ2n) is 4.12. The van der Waals surface area contributed by atoms with Gasteiger partial charge in [-0.3, -0.25) is 4.79 Å². The summed E-state index contributed by atoms with van der Waals surface area (Å²) in [5, 5.41) is 8.39. The first kappa shape index (κ1) is 18.5. The number of hydrogen-bond acceptors (Lipinski definition) is 3. The summed E-state index contributed by atoms with van der Waals surface area (Å²) in [4.78, 5) is 11.7. The maximum atomic E-state index is 14.1. The van der Waals surface area contributed by atoms with Crippen molar-refractivity contribution in [1.82, 2.24) is 4.57 Å². The van der Waals surface area contributed by atoms with Crippen LogP contribution in [0, 0.1) is 29.0 Å². The summed E-state index contributed by atoms with van der Waals surface area (Å²) in [5.74, 6) is -1.85. The maximum absolute atomic E-state index is 14.1. The number of ether oxygens (including phenoxy) is 1. The van der Waals surface area contributed by atoms with Gasteiger partial charge in [-0.1, -0.05) is 11.8 Å². The molecule has 1 radical (unpaired) electrons. The van der Waals surface area contributed by atoms with Gasteiger partial charge in [-0.2, -0.15) is 17.4 Å². The van der Waals surface area contributed by atoms with Gasteiger partial charge >= 0.3 is 0 Å². The topological polar surface area (TPSA) is 55.0 Å². The van der Waals surface area contributed by atoms with Gasteiger partial charge in [0.25, 0.3) is 0 Å². The van der Waals surface area contributed by atoms with Crippen LogP contribution in [0.15, 0.2) is 29.1 Å². The molecule has 1 aromatic carbocycles. The molecule has 0 aliphatic rings. The molecule has 22 heavy (non-hydrogen) atoms. The summed E-state index contributed by atoms with van der Waals surface area (Å²) < 4.78 is 34.4. The zero-order chi connectivity index (χ0) is 15.4. The average Bonchev–Trinajstić information content (AvgIpc) is 2.44. The van der Waals surface area contributed by atoms with Gasteiger partial charge in [0.15, 0.2) is 12.2 Å². The first-order chi connectivity index (χ1) is 10.1. The van der Waals surface area contributed by atoms with Crippen molar-refractivity contribution in [3.63, 3.8) is 0 Å². The van der Waals surface area contributed by atoms with Gasteiger partial charge in [0, 0.05) is 51.4 Å². The Morgan fingerprint density at radius 2 is 2.00 bits per heavy atom. The number of benzene rings is 1. The van der Waals surface area contributed by atoms with Gasteiger partial charge in [0.05, 0.1) is 11.6 Å². The number of aromatic nitrogens is 1. The molecule has 0 N–H and O–H groups in total. The van der Waals surface area contributed by atoms with E-state index in [2.05, 4.69) is 6.07 Å². The van der Waals surface area contributed by atoms with Crippen molar-refractivity contribution in [2.75, 3.05) is 6.61 Å². The van der Waals surface area contributed by atoms with E-state index in [1.807, 2.05) is 0 Å². The molecule has 0 saturated heterocycles. The van der Waals surface area contributed by atoms with E-state index in [0.29, 0.717) is 0 Å². The van der Waals surface area contributed by atoms with Crippen LogP contribution in [0.2, 0.25) is 0 Å². The number of pyridine rings is 1. The number of nitrogens with zero attached hydrogens (tertiary/aromatic N) is 2. The monoisotopic (exact) mass is 378 g/mol. The Labute approximate surface area is 151 Å². The van der Waals surface area contributed by atoms with Gasteiger partial charge in [-0.25, -0.2) is 8.78 Å². The number of halogens is 2. The molecule has 0 aliphatic carbocycles. The second-order valence-corrected chi connectivity index (χ2v) is 4.12. The minimum absolute atomic E-state index is 0. The predicted octanol–water partition coefficient (Wildman–Crippen LogP) is 2.51. The Morgan fingerprint density at radius 3 is 2.55 bits per heavy atom. The predicted molar refractivity (Wildman–Crippen MR) is 71.7 cm³/mol. The zero-order valence-electron chi connectivity index (χ0n) is 11.8. The first-order valence-electron chi connectivity index (χ1n) is 6.19. The van der Waals surface area contributed by atoms with Crippen molar-refractivity contribution in [2.45, 2.75) is 13.5 Å². The Bertz CT molecular complexity index is 746. The molecule has 4 nitrogen and oxygen atoms in total. The van der Waals surface area contributed by atoms with Crippen molar-refractivity contribution in [3.8, 4) is 23.1 Å². The molecular weight excluding hydrogens is 367 g/mol. The summed E-state index contributed by atoms with van der Waals surface area (Å²) in [5.41, 5.74) is -0.680. The molecule has 2 rings (SSSR count). The molecule has 0 bridgehead atoms. The van der Waals surface area contributed by atoms with Crippen molar-refractivity contribution in [2.24, 2.45) is 0 Å². The van der Waals surface area contributed by atoms with Crippen LogP contribution in [0.1, 0.15) is 6.92 Å². The van der Waals surface area contributed by atoms with Gasteiger partial charge in [0.1, 0.15) is 11.8 Å².